The number of rotatable bonds is 3. The van der Waals surface area contributed by atoms with E-state index in [0.717, 1.165) is 18.2 Å². The summed E-state index contributed by atoms with van der Waals surface area (Å²) in [4.78, 5) is 13.6. The Labute approximate surface area is 82.7 Å². The molecule has 0 bridgehead atoms. The number of Topliss-reactive ketones (excluding diaryl/α,β-unsaturated/α-hetero) is 1. The van der Waals surface area contributed by atoms with Crippen molar-refractivity contribution in [3.8, 4) is 0 Å². The number of carbonyl (C=O) groups is 1. The fourth-order valence-corrected chi connectivity index (χ4v) is 0.978. The van der Waals surface area contributed by atoms with E-state index in [9.17, 15) is 18.0 Å². The number of hydrogen-bond donors (Lipinski definition) is 0. The molecular weight excluding hydrogens is 219 g/mol. The fraction of sp³-hybridized carbons (Fsp3) is 0.250. The molecule has 14 heavy (non-hydrogen) atoms. The Bertz CT molecular complexity index is 356. The van der Waals surface area contributed by atoms with E-state index in [4.69, 9.17) is 11.6 Å². The van der Waals surface area contributed by atoms with Gasteiger partial charge in [-0.1, -0.05) is 6.07 Å². The molecule has 0 amide bonds. The van der Waals surface area contributed by atoms with Crippen LogP contribution in [-0.4, -0.2) is 16.6 Å². The molecule has 0 aromatic carbocycles. The molecule has 0 atom stereocenters. The van der Waals surface area contributed by atoms with Gasteiger partial charge in [0.2, 0.25) is 11.7 Å². The third kappa shape index (κ3) is 2.04. The van der Waals surface area contributed by atoms with Gasteiger partial charge >= 0.3 is 5.92 Å². The Morgan fingerprint density at radius 2 is 2.14 bits per heavy atom. The predicted molar refractivity (Wildman–Crippen MR) is 43.8 cm³/mol. The van der Waals surface area contributed by atoms with Crippen LogP contribution >= 0.6 is 11.6 Å². The quantitative estimate of drug-likeness (QED) is 0.580. The first kappa shape index (κ1) is 11.0. The summed E-state index contributed by atoms with van der Waals surface area (Å²) in [7, 11) is 0. The van der Waals surface area contributed by atoms with E-state index in [1.807, 2.05) is 0 Å². The summed E-state index contributed by atoms with van der Waals surface area (Å²) in [5, 5.41) is 0. The van der Waals surface area contributed by atoms with Gasteiger partial charge in [0.1, 0.15) is 5.69 Å². The summed E-state index contributed by atoms with van der Waals surface area (Å²) in [6, 6.07) is 2.82. The Balaban J connectivity index is 3.09. The molecule has 0 aliphatic carbocycles. The average molecular weight is 224 g/mol. The highest BCUT2D eigenvalue weighted by atomic mass is 35.5. The zero-order valence-electron chi connectivity index (χ0n) is 6.81. The molecule has 0 N–H and O–H groups in total. The van der Waals surface area contributed by atoms with E-state index in [-0.39, 0.29) is 0 Å². The minimum absolute atomic E-state index is 0.842. The summed E-state index contributed by atoms with van der Waals surface area (Å²) < 4.78 is 38.6. The Hall–Kier alpha value is -1.10. The van der Waals surface area contributed by atoms with Gasteiger partial charge < -0.3 is 0 Å². The lowest BCUT2D eigenvalue weighted by atomic mass is 10.1. The van der Waals surface area contributed by atoms with Gasteiger partial charge in [-0.05, 0) is 12.1 Å². The highest BCUT2D eigenvalue weighted by molar-refractivity contribution is 6.28. The van der Waals surface area contributed by atoms with Gasteiger partial charge in [-0.2, -0.15) is 13.2 Å². The maximum absolute atomic E-state index is 13.1. The number of hydrogen-bond acceptors (Lipinski definition) is 2. The van der Waals surface area contributed by atoms with Crippen LogP contribution in [0.3, 0.4) is 0 Å². The van der Waals surface area contributed by atoms with Crippen LogP contribution in [-0.2, 0) is 10.7 Å². The van der Waals surface area contributed by atoms with Crippen molar-refractivity contribution in [2.45, 2.75) is 5.92 Å². The highest BCUT2D eigenvalue weighted by Crippen LogP contribution is 2.27. The molecular formula is C8H5ClF3NO. The van der Waals surface area contributed by atoms with E-state index in [1.165, 1.54) is 0 Å². The van der Waals surface area contributed by atoms with Crippen LogP contribution in [0.25, 0.3) is 0 Å². The van der Waals surface area contributed by atoms with Crippen molar-refractivity contribution in [1.29, 1.82) is 0 Å². The summed E-state index contributed by atoms with van der Waals surface area (Å²) >= 11 is 4.98. The van der Waals surface area contributed by atoms with Crippen molar-refractivity contribution in [3.63, 3.8) is 0 Å². The Morgan fingerprint density at radius 3 is 2.64 bits per heavy atom. The van der Waals surface area contributed by atoms with Crippen molar-refractivity contribution in [1.82, 2.24) is 4.98 Å². The highest BCUT2D eigenvalue weighted by Gasteiger charge is 2.41. The van der Waals surface area contributed by atoms with Crippen molar-refractivity contribution in [2.24, 2.45) is 0 Å². The Kier molecular flexibility index (Phi) is 3.10. The average Bonchev–Trinajstić information content (AvgIpc) is 2.16. The first-order valence-electron chi connectivity index (χ1n) is 3.58. The van der Waals surface area contributed by atoms with Crippen molar-refractivity contribution < 1.29 is 18.0 Å². The number of ketones is 1. The fourth-order valence-electron chi connectivity index (χ4n) is 0.810. The van der Waals surface area contributed by atoms with Crippen LogP contribution in [0.4, 0.5) is 13.2 Å². The maximum atomic E-state index is 13.1. The molecule has 0 unspecified atom stereocenters. The predicted octanol–water partition coefficient (Wildman–Crippen LogP) is 2.12. The lowest BCUT2D eigenvalue weighted by Gasteiger charge is -2.12. The second kappa shape index (κ2) is 3.96. The van der Waals surface area contributed by atoms with Gasteiger partial charge in [0.25, 0.3) is 0 Å². The lowest BCUT2D eigenvalue weighted by Crippen LogP contribution is -2.28. The lowest BCUT2D eigenvalue weighted by molar-refractivity contribution is -0.142. The second-order valence-electron chi connectivity index (χ2n) is 2.48. The number of pyridine rings is 1. The van der Waals surface area contributed by atoms with Gasteiger partial charge in [-0.25, -0.2) is 4.98 Å². The third-order valence-electron chi connectivity index (χ3n) is 1.51. The van der Waals surface area contributed by atoms with Gasteiger partial charge in [-0.15, -0.1) is 11.6 Å². The zero-order chi connectivity index (χ0) is 10.8. The smallest absolute Gasteiger partial charge is 0.291 e. The van der Waals surface area contributed by atoms with E-state index in [1.54, 1.807) is 0 Å². The van der Waals surface area contributed by atoms with Gasteiger partial charge in [0, 0.05) is 0 Å². The summed E-state index contributed by atoms with van der Waals surface area (Å²) in [6.45, 7) is 0. The number of alkyl halides is 3. The first-order valence-corrected chi connectivity index (χ1v) is 4.12. The van der Waals surface area contributed by atoms with Crippen LogP contribution in [0.1, 0.15) is 5.69 Å². The number of nitrogens with zero attached hydrogens (tertiary/aromatic N) is 1. The molecule has 0 aliphatic rings. The van der Waals surface area contributed by atoms with Gasteiger partial charge in [0.15, 0.2) is 0 Å². The molecule has 0 fully saturated rings. The van der Waals surface area contributed by atoms with Crippen LogP contribution in [0.15, 0.2) is 18.2 Å². The van der Waals surface area contributed by atoms with E-state index in [2.05, 4.69) is 4.98 Å². The summed E-state index contributed by atoms with van der Waals surface area (Å²) in [5.41, 5.74) is -0.928. The summed E-state index contributed by atoms with van der Waals surface area (Å²) in [5.74, 6) is -7.24. The van der Waals surface area contributed by atoms with Crippen LogP contribution in [0.2, 0.25) is 0 Å². The number of carbonyl (C=O) groups excluding carboxylic acids is 1. The molecule has 1 aromatic heterocycles. The van der Waals surface area contributed by atoms with Crippen LogP contribution in [0.5, 0.6) is 0 Å². The molecule has 76 valence electrons. The topological polar surface area (TPSA) is 30.0 Å². The van der Waals surface area contributed by atoms with Crippen LogP contribution in [0, 0.1) is 5.95 Å². The molecule has 1 heterocycles. The van der Waals surface area contributed by atoms with Crippen LogP contribution < -0.4 is 0 Å². The third-order valence-corrected chi connectivity index (χ3v) is 1.75. The molecule has 6 heteroatoms. The summed E-state index contributed by atoms with van der Waals surface area (Å²) in [6.07, 6.45) is 0. The molecule has 0 aliphatic heterocycles. The molecule has 0 saturated carbocycles. The van der Waals surface area contributed by atoms with Crippen molar-refractivity contribution >= 4 is 17.4 Å². The van der Waals surface area contributed by atoms with E-state index >= 15 is 0 Å². The monoisotopic (exact) mass is 223 g/mol. The Morgan fingerprint density at radius 1 is 1.50 bits per heavy atom. The zero-order valence-corrected chi connectivity index (χ0v) is 7.56. The molecule has 2 nitrogen and oxygen atoms in total. The van der Waals surface area contributed by atoms with Crippen molar-refractivity contribution in [2.75, 3.05) is 5.88 Å². The normalized spacial score (nSPS) is 11.4. The van der Waals surface area contributed by atoms with Gasteiger partial charge in [-0.3, -0.25) is 4.79 Å². The largest absolute Gasteiger partial charge is 0.348 e. The molecule has 1 aromatic rings. The first-order chi connectivity index (χ1) is 6.48. The molecule has 0 spiro atoms. The second-order valence-corrected chi connectivity index (χ2v) is 2.74. The number of halogens is 4. The SMILES string of the molecule is O=C(CCl)C(F)(F)c1cccc(F)n1. The van der Waals surface area contributed by atoms with Gasteiger partial charge in [0.05, 0.1) is 5.88 Å². The molecule has 0 radical (unpaired) electrons. The maximum Gasteiger partial charge on any atom is 0.348 e. The standard InChI is InChI=1S/C8H5ClF3NO/c9-4-6(14)8(11,12)5-2-1-3-7(10)13-5/h1-3H,4H2. The molecule has 1 rings (SSSR count). The minimum Gasteiger partial charge on any atom is -0.291 e. The van der Waals surface area contributed by atoms with E-state index in [0.29, 0.717) is 0 Å². The molecule has 0 saturated heterocycles. The number of aromatic nitrogens is 1. The minimum atomic E-state index is -3.83. The van der Waals surface area contributed by atoms with E-state index < -0.39 is 29.2 Å². The van der Waals surface area contributed by atoms with Crippen molar-refractivity contribution in [3.05, 3.63) is 29.8 Å².